The molecule has 0 saturated carbocycles. The van der Waals surface area contributed by atoms with Crippen molar-refractivity contribution in [2.24, 2.45) is 0 Å². The van der Waals surface area contributed by atoms with Gasteiger partial charge in [0, 0.05) is 17.3 Å². The van der Waals surface area contributed by atoms with Gasteiger partial charge in [0.25, 0.3) is 0 Å². The average molecular weight is 301 g/mol. The lowest BCUT2D eigenvalue weighted by atomic mass is 10.0. The van der Waals surface area contributed by atoms with Gasteiger partial charge in [-0.25, -0.2) is 0 Å². The molecule has 1 saturated heterocycles. The van der Waals surface area contributed by atoms with Crippen molar-refractivity contribution in [1.82, 2.24) is 10.6 Å². The third kappa shape index (κ3) is 4.79. The number of carbonyl (C=O) groups excluding carboxylic acids is 1. The smallest absolute Gasteiger partial charge is 0.220 e. The lowest BCUT2D eigenvalue weighted by Gasteiger charge is -2.23. The van der Waals surface area contributed by atoms with E-state index in [2.05, 4.69) is 10.6 Å². The Morgan fingerprint density at radius 2 is 2.42 bits per heavy atom. The molecule has 2 rings (SSSR count). The Hall–Kier alpha value is -0.580. The molecule has 1 amide bonds. The van der Waals surface area contributed by atoms with Crippen LogP contribution in [0.25, 0.3) is 0 Å². The van der Waals surface area contributed by atoms with Gasteiger partial charge in [-0.05, 0) is 44.9 Å². The maximum absolute atomic E-state index is 11.9. The molecule has 2 N–H and O–H groups in total. The van der Waals surface area contributed by atoms with Gasteiger partial charge in [0.2, 0.25) is 5.91 Å². The summed E-state index contributed by atoms with van der Waals surface area (Å²) in [4.78, 5) is 13.0. The van der Waals surface area contributed by atoms with Crippen LogP contribution >= 0.6 is 22.9 Å². The molecule has 1 aromatic heterocycles. The topological polar surface area (TPSA) is 41.1 Å². The van der Waals surface area contributed by atoms with Crippen LogP contribution in [0.1, 0.15) is 49.9 Å². The van der Waals surface area contributed by atoms with Gasteiger partial charge in [-0.3, -0.25) is 4.79 Å². The van der Waals surface area contributed by atoms with E-state index in [1.807, 2.05) is 19.1 Å². The SMILES string of the molecule is CC(NC(=O)CCC1CCCCN1)c1ccc(Cl)s1. The van der Waals surface area contributed by atoms with E-state index in [-0.39, 0.29) is 11.9 Å². The molecular formula is C14H21ClN2OS. The Kier molecular flexibility index (Phi) is 5.67. The Labute approximate surface area is 123 Å². The number of nitrogens with one attached hydrogen (secondary N) is 2. The first-order valence-electron chi connectivity index (χ1n) is 6.93. The van der Waals surface area contributed by atoms with E-state index in [0.717, 1.165) is 22.2 Å². The normalized spacial score (nSPS) is 21.1. The summed E-state index contributed by atoms with van der Waals surface area (Å²) < 4.78 is 0.766. The van der Waals surface area contributed by atoms with Crippen LogP contribution in [0.4, 0.5) is 0 Å². The van der Waals surface area contributed by atoms with Crippen LogP contribution in [0.3, 0.4) is 0 Å². The van der Waals surface area contributed by atoms with Crippen molar-refractivity contribution in [1.29, 1.82) is 0 Å². The molecule has 19 heavy (non-hydrogen) atoms. The summed E-state index contributed by atoms with van der Waals surface area (Å²) in [5.74, 6) is 0.129. The van der Waals surface area contributed by atoms with E-state index in [4.69, 9.17) is 11.6 Å². The highest BCUT2D eigenvalue weighted by molar-refractivity contribution is 7.16. The monoisotopic (exact) mass is 300 g/mol. The number of piperidine rings is 1. The van der Waals surface area contributed by atoms with E-state index >= 15 is 0 Å². The van der Waals surface area contributed by atoms with E-state index in [9.17, 15) is 4.79 Å². The highest BCUT2D eigenvalue weighted by atomic mass is 35.5. The maximum Gasteiger partial charge on any atom is 0.220 e. The minimum atomic E-state index is 0.0457. The quantitative estimate of drug-likeness (QED) is 0.874. The highest BCUT2D eigenvalue weighted by Crippen LogP contribution is 2.26. The summed E-state index contributed by atoms with van der Waals surface area (Å²) >= 11 is 7.42. The van der Waals surface area contributed by atoms with Gasteiger partial charge in [0.05, 0.1) is 10.4 Å². The zero-order valence-electron chi connectivity index (χ0n) is 11.2. The van der Waals surface area contributed by atoms with E-state index in [0.29, 0.717) is 12.5 Å². The lowest BCUT2D eigenvalue weighted by Crippen LogP contribution is -2.35. The van der Waals surface area contributed by atoms with Gasteiger partial charge >= 0.3 is 0 Å². The van der Waals surface area contributed by atoms with Crippen LogP contribution in [-0.2, 0) is 4.79 Å². The molecule has 3 nitrogen and oxygen atoms in total. The number of carbonyl (C=O) groups is 1. The van der Waals surface area contributed by atoms with E-state index in [1.54, 1.807) is 0 Å². The molecule has 2 atom stereocenters. The molecule has 0 aliphatic carbocycles. The summed E-state index contributed by atoms with van der Waals surface area (Å²) in [5.41, 5.74) is 0. The second-order valence-electron chi connectivity index (χ2n) is 5.12. The molecule has 0 radical (unpaired) electrons. The van der Waals surface area contributed by atoms with Crippen molar-refractivity contribution >= 4 is 28.8 Å². The van der Waals surface area contributed by atoms with Gasteiger partial charge in [0.1, 0.15) is 0 Å². The van der Waals surface area contributed by atoms with Gasteiger partial charge in [-0.1, -0.05) is 18.0 Å². The van der Waals surface area contributed by atoms with Crippen molar-refractivity contribution in [3.8, 4) is 0 Å². The van der Waals surface area contributed by atoms with Gasteiger partial charge in [-0.15, -0.1) is 11.3 Å². The van der Waals surface area contributed by atoms with Crippen molar-refractivity contribution in [2.45, 2.75) is 51.1 Å². The molecular weight excluding hydrogens is 280 g/mol. The number of amides is 1. The Balaban J connectivity index is 1.71. The molecule has 0 bridgehead atoms. The largest absolute Gasteiger partial charge is 0.349 e. The molecule has 106 valence electrons. The first-order valence-corrected chi connectivity index (χ1v) is 8.12. The van der Waals surface area contributed by atoms with Crippen LogP contribution in [-0.4, -0.2) is 18.5 Å². The molecule has 0 aromatic carbocycles. The summed E-state index contributed by atoms with van der Waals surface area (Å²) in [6.45, 7) is 3.09. The van der Waals surface area contributed by atoms with Crippen molar-refractivity contribution < 1.29 is 4.79 Å². The van der Waals surface area contributed by atoms with Crippen molar-refractivity contribution in [2.75, 3.05) is 6.54 Å². The van der Waals surface area contributed by atoms with E-state index in [1.165, 1.54) is 30.6 Å². The van der Waals surface area contributed by atoms with Gasteiger partial charge < -0.3 is 10.6 Å². The number of thiophene rings is 1. The molecule has 0 spiro atoms. The Morgan fingerprint density at radius 1 is 1.58 bits per heavy atom. The Morgan fingerprint density at radius 3 is 3.05 bits per heavy atom. The number of halogens is 1. The second kappa shape index (κ2) is 7.27. The second-order valence-corrected chi connectivity index (χ2v) is 6.86. The van der Waals surface area contributed by atoms with Crippen LogP contribution in [0, 0.1) is 0 Å². The van der Waals surface area contributed by atoms with Gasteiger partial charge in [0.15, 0.2) is 0 Å². The van der Waals surface area contributed by atoms with Crippen LogP contribution in [0.5, 0.6) is 0 Å². The first kappa shape index (κ1) is 14.8. The minimum Gasteiger partial charge on any atom is -0.349 e. The molecule has 1 aliphatic rings. The summed E-state index contributed by atoms with van der Waals surface area (Å²) in [6.07, 6.45) is 5.27. The van der Waals surface area contributed by atoms with Gasteiger partial charge in [-0.2, -0.15) is 0 Å². The summed E-state index contributed by atoms with van der Waals surface area (Å²) in [7, 11) is 0. The van der Waals surface area contributed by atoms with Crippen molar-refractivity contribution in [3.05, 3.63) is 21.3 Å². The van der Waals surface area contributed by atoms with Crippen LogP contribution in [0.15, 0.2) is 12.1 Å². The highest BCUT2D eigenvalue weighted by Gasteiger charge is 2.16. The summed E-state index contributed by atoms with van der Waals surface area (Å²) in [5, 5.41) is 6.50. The fourth-order valence-electron chi connectivity index (χ4n) is 2.42. The van der Waals surface area contributed by atoms with Crippen molar-refractivity contribution in [3.63, 3.8) is 0 Å². The third-order valence-electron chi connectivity index (χ3n) is 3.53. The number of hydrogen-bond acceptors (Lipinski definition) is 3. The molecule has 2 heterocycles. The number of hydrogen-bond donors (Lipinski definition) is 2. The molecule has 1 aromatic rings. The fourth-order valence-corrected chi connectivity index (χ4v) is 3.48. The minimum absolute atomic E-state index is 0.0457. The standard InChI is InChI=1S/C14H21ClN2OS/c1-10(12-6-7-13(15)19-12)17-14(18)8-5-11-4-2-3-9-16-11/h6-7,10-11,16H,2-5,8-9H2,1H3,(H,17,18). The predicted octanol–water partition coefficient (Wildman–Crippen LogP) is 3.50. The maximum atomic E-state index is 11.9. The third-order valence-corrected chi connectivity index (χ3v) is 4.94. The zero-order valence-corrected chi connectivity index (χ0v) is 12.8. The van der Waals surface area contributed by atoms with Crippen LogP contribution in [0.2, 0.25) is 4.34 Å². The first-order chi connectivity index (χ1) is 9.15. The summed E-state index contributed by atoms with van der Waals surface area (Å²) in [6, 6.07) is 4.41. The van der Waals surface area contributed by atoms with E-state index < -0.39 is 0 Å². The Bertz CT molecular complexity index is 415. The fraction of sp³-hybridized carbons (Fsp3) is 0.643. The molecule has 2 unspecified atom stereocenters. The molecule has 1 fully saturated rings. The molecule has 5 heteroatoms. The number of rotatable bonds is 5. The average Bonchev–Trinajstić information content (AvgIpc) is 2.84. The lowest BCUT2D eigenvalue weighted by molar-refractivity contribution is -0.121. The predicted molar refractivity (Wildman–Crippen MR) is 80.8 cm³/mol. The molecule has 1 aliphatic heterocycles. The van der Waals surface area contributed by atoms with Crippen LogP contribution < -0.4 is 10.6 Å². The zero-order chi connectivity index (χ0) is 13.7.